The topological polar surface area (TPSA) is 98.5 Å². The minimum atomic E-state index is -0.369. The normalized spacial score (nSPS) is 10.9. The van der Waals surface area contributed by atoms with Gasteiger partial charge in [-0.05, 0) is 38.5 Å². The van der Waals surface area contributed by atoms with E-state index >= 15 is 0 Å². The van der Waals surface area contributed by atoms with Crippen molar-refractivity contribution < 1.29 is 4.79 Å². The smallest absolute Gasteiger partial charge is 0.275 e. The van der Waals surface area contributed by atoms with Crippen molar-refractivity contribution in [2.24, 2.45) is 0 Å². The van der Waals surface area contributed by atoms with Crippen molar-refractivity contribution in [2.45, 2.75) is 20.8 Å². The predicted molar refractivity (Wildman–Crippen MR) is 101 cm³/mol. The number of aromatic nitrogens is 6. The number of anilines is 1. The Hall–Kier alpha value is -3.68. The molecule has 0 aliphatic carbocycles. The number of nitrogens with zero attached hydrogens (tertiary/aromatic N) is 6. The van der Waals surface area contributed by atoms with Gasteiger partial charge in [0.25, 0.3) is 11.9 Å². The fourth-order valence-electron chi connectivity index (χ4n) is 2.67. The molecule has 0 saturated heterocycles. The number of amides is 1. The van der Waals surface area contributed by atoms with Crippen LogP contribution in [-0.2, 0) is 0 Å². The molecule has 1 N–H and O–H groups in total. The molecule has 27 heavy (non-hydrogen) atoms. The number of fused-ring (bicyclic) bond motifs is 1. The Bertz CT molecular complexity index is 1150. The van der Waals surface area contributed by atoms with Crippen molar-refractivity contribution in [3.8, 4) is 5.95 Å². The third kappa shape index (κ3) is 3.12. The summed E-state index contributed by atoms with van der Waals surface area (Å²) in [5, 5.41) is 7.17. The standard InChI is InChI=1S/C19H17N7O/c1-11-12(2)25-26(13(11)3)19-21-8-14(9-22-19)23-18(27)17-10-20-15-6-4-5-7-16(15)24-17/h4-10H,1-3H3,(H,23,27). The molecular formula is C19H17N7O. The van der Waals surface area contributed by atoms with Crippen LogP contribution < -0.4 is 5.32 Å². The molecule has 0 unspecified atom stereocenters. The van der Waals surface area contributed by atoms with E-state index in [0.29, 0.717) is 17.2 Å². The van der Waals surface area contributed by atoms with E-state index < -0.39 is 0 Å². The number of carbonyl (C=O) groups excluding carboxylic acids is 1. The summed E-state index contributed by atoms with van der Waals surface area (Å²) in [6.07, 6.45) is 4.53. The fraction of sp³-hybridized carbons (Fsp3) is 0.158. The lowest BCUT2D eigenvalue weighted by atomic mass is 10.2. The Kier molecular flexibility index (Phi) is 4.08. The van der Waals surface area contributed by atoms with E-state index in [-0.39, 0.29) is 11.6 Å². The highest BCUT2D eigenvalue weighted by atomic mass is 16.1. The molecule has 1 aromatic carbocycles. The van der Waals surface area contributed by atoms with Crippen LogP contribution in [0.15, 0.2) is 42.9 Å². The zero-order valence-electron chi connectivity index (χ0n) is 15.1. The summed E-state index contributed by atoms with van der Waals surface area (Å²) in [4.78, 5) is 29.6. The maximum atomic E-state index is 12.4. The second-order valence-electron chi connectivity index (χ2n) is 6.18. The Morgan fingerprint density at radius 1 is 0.963 bits per heavy atom. The highest BCUT2D eigenvalue weighted by molar-refractivity contribution is 6.03. The zero-order valence-corrected chi connectivity index (χ0v) is 15.1. The Labute approximate surface area is 155 Å². The van der Waals surface area contributed by atoms with Gasteiger partial charge in [-0.15, -0.1) is 0 Å². The maximum absolute atomic E-state index is 12.4. The molecular weight excluding hydrogens is 342 g/mol. The summed E-state index contributed by atoms with van der Waals surface area (Å²) in [7, 11) is 0. The van der Waals surface area contributed by atoms with Gasteiger partial charge in [0.2, 0.25) is 0 Å². The molecule has 0 bridgehead atoms. The lowest BCUT2D eigenvalue weighted by molar-refractivity contribution is 0.102. The first kappa shape index (κ1) is 16.8. The van der Waals surface area contributed by atoms with Gasteiger partial charge in [-0.3, -0.25) is 9.78 Å². The first-order valence-electron chi connectivity index (χ1n) is 8.41. The van der Waals surface area contributed by atoms with Gasteiger partial charge in [0.15, 0.2) is 0 Å². The van der Waals surface area contributed by atoms with Crippen molar-refractivity contribution in [3.63, 3.8) is 0 Å². The van der Waals surface area contributed by atoms with Crippen LogP contribution >= 0.6 is 0 Å². The van der Waals surface area contributed by atoms with Gasteiger partial charge in [0.05, 0.1) is 41.0 Å². The second-order valence-corrected chi connectivity index (χ2v) is 6.18. The first-order valence-corrected chi connectivity index (χ1v) is 8.41. The lowest BCUT2D eigenvalue weighted by Crippen LogP contribution is -2.15. The molecule has 0 spiro atoms. The summed E-state index contributed by atoms with van der Waals surface area (Å²) < 4.78 is 1.69. The van der Waals surface area contributed by atoms with Gasteiger partial charge in [-0.1, -0.05) is 12.1 Å². The summed E-state index contributed by atoms with van der Waals surface area (Å²) in [5.41, 5.74) is 5.12. The largest absolute Gasteiger partial charge is 0.318 e. The van der Waals surface area contributed by atoms with E-state index in [9.17, 15) is 4.79 Å². The molecule has 1 amide bonds. The van der Waals surface area contributed by atoms with Gasteiger partial charge < -0.3 is 5.32 Å². The molecule has 8 heteroatoms. The van der Waals surface area contributed by atoms with E-state index in [1.807, 2.05) is 45.0 Å². The van der Waals surface area contributed by atoms with Crippen LogP contribution in [0.1, 0.15) is 27.4 Å². The number of nitrogens with one attached hydrogen (secondary N) is 1. The Morgan fingerprint density at radius 2 is 1.67 bits per heavy atom. The number of hydrogen-bond acceptors (Lipinski definition) is 6. The van der Waals surface area contributed by atoms with E-state index in [1.54, 1.807) is 17.1 Å². The third-order valence-corrected chi connectivity index (χ3v) is 4.42. The van der Waals surface area contributed by atoms with Crippen LogP contribution in [0.2, 0.25) is 0 Å². The number of carbonyl (C=O) groups is 1. The van der Waals surface area contributed by atoms with E-state index in [0.717, 1.165) is 22.5 Å². The fourth-order valence-corrected chi connectivity index (χ4v) is 2.67. The van der Waals surface area contributed by atoms with Crippen LogP contribution in [0.4, 0.5) is 5.69 Å². The SMILES string of the molecule is Cc1nn(-c2ncc(NC(=O)c3cnc4ccccc4n3)cn2)c(C)c1C. The number of hydrogen-bond donors (Lipinski definition) is 1. The second kappa shape index (κ2) is 6.56. The molecule has 134 valence electrons. The van der Waals surface area contributed by atoms with Crippen LogP contribution in [0, 0.1) is 20.8 Å². The zero-order chi connectivity index (χ0) is 19.0. The number of rotatable bonds is 3. The molecule has 3 aromatic heterocycles. The molecule has 3 heterocycles. The number of para-hydroxylation sites is 2. The molecule has 0 fully saturated rings. The van der Waals surface area contributed by atoms with E-state index in [4.69, 9.17) is 0 Å². The monoisotopic (exact) mass is 359 g/mol. The lowest BCUT2D eigenvalue weighted by Gasteiger charge is -2.06. The van der Waals surface area contributed by atoms with Gasteiger partial charge in [0.1, 0.15) is 5.69 Å². The quantitative estimate of drug-likeness (QED) is 0.604. The highest BCUT2D eigenvalue weighted by Gasteiger charge is 2.13. The minimum Gasteiger partial charge on any atom is -0.318 e. The summed E-state index contributed by atoms with van der Waals surface area (Å²) in [6.45, 7) is 5.91. The Morgan fingerprint density at radius 3 is 2.33 bits per heavy atom. The van der Waals surface area contributed by atoms with Crippen molar-refractivity contribution >= 4 is 22.6 Å². The third-order valence-electron chi connectivity index (χ3n) is 4.42. The minimum absolute atomic E-state index is 0.229. The summed E-state index contributed by atoms with van der Waals surface area (Å²) >= 11 is 0. The molecule has 4 aromatic rings. The summed E-state index contributed by atoms with van der Waals surface area (Å²) in [6, 6.07) is 7.39. The van der Waals surface area contributed by atoms with Crippen molar-refractivity contribution in [1.29, 1.82) is 0 Å². The average molecular weight is 359 g/mol. The Balaban J connectivity index is 1.55. The highest BCUT2D eigenvalue weighted by Crippen LogP contribution is 2.15. The van der Waals surface area contributed by atoms with Crippen molar-refractivity contribution in [1.82, 2.24) is 29.7 Å². The molecule has 0 aliphatic heterocycles. The van der Waals surface area contributed by atoms with Crippen LogP contribution in [-0.4, -0.2) is 35.6 Å². The van der Waals surface area contributed by atoms with Crippen LogP contribution in [0.5, 0.6) is 0 Å². The van der Waals surface area contributed by atoms with Crippen molar-refractivity contribution in [2.75, 3.05) is 5.32 Å². The molecule has 8 nitrogen and oxygen atoms in total. The van der Waals surface area contributed by atoms with Crippen LogP contribution in [0.3, 0.4) is 0 Å². The number of aryl methyl sites for hydroxylation is 1. The first-order chi connectivity index (χ1) is 13.0. The predicted octanol–water partition coefficient (Wildman–Crippen LogP) is 2.78. The molecule has 4 rings (SSSR count). The van der Waals surface area contributed by atoms with Crippen molar-refractivity contribution in [3.05, 3.63) is 65.5 Å². The summed E-state index contributed by atoms with van der Waals surface area (Å²) in [5.74, 6) is 0.0822. The molecule has 0 aliphatic rings. The van der Waals surface area contributed by atoms with Gasteiger partial charge in [-0.25, -0.2) is 19.6 Å². The van der Waals surface area contributed by atoms with Gasteiger partial charge in [0, 0.05) is 5.69 Å². The molecule has 0 saturated carbocycles. The maximum Gasteiger partial charge on any atom is 0.275 e. The van der Waals surface area contributed by atoms with E-state index in [2.05, 4.69) is 30.4 Å². The molecule has 0 radical (unpaired) electrons. The number of benzene rings is 1. The average Bonchev–Trinajstić information content (AvgIpc) is 2.95. The van der Waals surface area contributed by atoms with Gasteiger partial charge in [-0.2, -0.15) is 5.10 Å². The van der Waals surface area contributed by atoms with Crippen LogP contribution in [0.25, 0.3) is 17.0 Å². The van der Waals surface area contributed by atoms with Gasteiger partial charge >= 0.3 is 0 Å². The molecule has 0 atom stereocenters. The van der Waals surface area contributed by atoms with E-state index in [1.165, 1.54) is 6.20 Å².